The van der Waals surface area contributed by atoms with E-state index in [9.17, 15) is 9.59 Å². The van der Waals surface area contributed by atoms with Crippen LogP contribution in [0.15, 0.2) is 46.9 Å². The van der Waals surface area contributed by atoms with E-state index < -0.39 is 0 Å². The van der Waals surface area contributed by atoms with Crippen LogP contribution in [0, 0.1) is 0 Å². The predicted octanol–water partition coefficient (Wildman–Crippen LogP) is 2.24. The summed E-state index contributed by atoms with van der Waals surface area (Å²) in [6, 6.07) is 7.46. The fourth-order valence-corrected chi connectivity index (χ4v) is 3.42. The lowest BCUT2D eigenvalue weighted by Crippen LogP contribution is -2.33. The molecule has 0 unspecified atom stereocenters. The van der Waals surface area contributed by atoms with Crippen molar-refractivity contribution < 1.29 is 4.79 Å². The summed E-state index contributed by atoms with van der Waals surface area (Å²) in [7, 11) is 0. The number of amides is 1. The Kier molecular flexibility index (Phi) is 5.41. The molecule has 0 spiro atoms. The molecule has 3 rings (SSSR count). The molecule has 1 aromatic carbocycles. The van der Waals surface area contributed by atoms with Crippen molar-refractivity contribution in [1.82, 2.24) is 24.5 Å². The third-order valence-corrected chi connectivity index (χ3v) is 5.07. The summed E-state index contributed by atoms with van der Waals surface area (Å²) in [6.45, 7) is 8.04. The molecule has 0 aliphatic rings. The van der Waals surface area contributed by atoms with Crippen LogP contribution in [0.1, 0.15) is 20.3 Å². The van der Waals surface area contributed by atoms with Crippen molar-refractivity contribution in [2.45, 2.75) is 38.0 Å². The highest BCUT2D eigenvalue weighted by Crippen LogP contribution is 2.21. The molecule has 1 atom stereocenters. The van der Waals surface area contributed by atoms with Gasteiger partial charge in [-0.05, 0) is 25.5 Å². The molecular weight excluding hydrogens is 350 g/mol. The summed E-state index contributed by atoms with van der Waals surface area (Å²) in [4.78, 5) is 24.8. The van der Waals surface area contributed by atoms with Crippen molar-refractivity contribution in [2.75, 3.05) is 5.75 Å². The first-order valence-corrected chi connectivity index (χ1v) is 9.45. The molecule has 8 heteroatoms. The molecule has 2 heterocycles. The Morgan fingerprint density at radius 3 is 2.88 bits per heavy atom. The van der Waals surface area contributed by atoms with Gasteiger partial charge in [-0.25, -0.2) is 0 Å². The monoisotopic (exact) mass is 371 g/mol. The smallest absolute Gasteiger partial charge is 0.263 e. The first kappa shape index (κ1) is 18.2. The van der Waals surface area contributed by atoms with Gasteiger partial charge in [-0.1, -0.05) is 36.9 Å². The highest BCUT2D eigenvalue weighted by molar-refractivity contribution is 7.99. The number of para-hydroxylation sites is 1. The second-order valence-corrected chi connectivity index (χ2v) is 6.95. The van der Waals surface area contributed by atoms with E-state index in [2.05, 4.69) is 22.1 Å². The van der Waals surface area contributed by atoms with Crippen LogP contribution in [-0.4, -0.2) is 36.9 Å². The maximum absolute atomic E-state index is 12.7. The second kappa shape index (κ2) is 7.74. The van der Waals surface area contributed by atoms with Crippen LogP contribution < -0.4 is 10.9 Å². The van der Waals surface area contributed by atoms with Gasteiger partial charge in [-0.3, -0.25) is 18.6 Å². The Labute approximate surface area is 155 Å². The number of nitrogens with zero attached hydrogens (tertiary/aromatic N) is 4. The highest BCUT2D eigenvalue weighted by atomic mass is 32.2. The lowest BCUT2D eigenvalue weighted by atomic mass is 10.2. The van der Waals surface area contributed by atoms with E-state index >= 15 is 0 Å². The van der Waals surface area contributed by atoms with Gasteiger partial charge in [0.25, 0.3) is 5.56 Å². The van der Waals surface area contributed by atoms with Crippen molar-refractivity contribution in [3.05, 3.63) is 47.3 Å². The molecule has 0 bridgehead atoms. The van der Waals surface area contributed by atoms with Crippen molar-refractivity contribution in [3.8, 4) is 0 Å². The summed E-state index contributed by atoms with van der Waals surface area (Å²) in [5, 5.41) is 12.5. The average Bonchev–Trinajstić information content (AvgIpc) is 3.07. The molecule has 0 saturated heterocycles. The number of allylic oxidation sites excluding steroid dienone is 1. The topological polar surface area (TPSA) is 81.3 Å². The Balaban J connectivity index is 2.04. The number of fused-ring (bicyclic) bond motifs is 3. The molecule has 1 amide bonds. The highest BCUT2D eigenvalue weighted by Gasteiger charge is 2.17. The SMILES string of the molecule is C=CCn1c(=O)c2ccccc2n2c(SCC(=O)N[C@@H](C)CC)nnc12. The minimum absolute atomic E-state index is 0.0511. The number of hydrogen-bond acceptors (Lipinski definition) is 5. The van der Waals surface area contributed by atoms with E-state index in [1.165, 1.54) is 16.3 Å². The standard InChI is InChI=1S/C18H21N5O2S/c1-4-10-22-16(25)13-8-6-7-9-14(13)23-17(22)20-21-18(23)26-11-15(24)19-12(3)5-2/h4,6-9,12H,1,5,10-11H2,2-3H3,(H,19,24)/t12-/m0/s1. The Bertz CT molecular complexity index is 1020. The number of carbonyl (C=O) groups is 1. The number of rotatable bonds is 7. The van der Waals surface area contributed by atoms with Gasteiger partial charge >= 0.3 is 0 Å². The summed E-state index contributed by atoms with van der Waals surface area (Å²) in [5.74, 6) is 0.628. The predicted molar refractivity (Wildman–Crippen MR) is 104 cm³/mol. The summed E-state index contributed by atoms with van der Waals surface area (Å²) in [6.07, 6.45) is 2.53. The number of benzene rings is 1. The Morgan fingerprint density at radius 1 is 1.38 bits per heavy atom. The zero-order valence-corrected chi connectivity index (χ0v) is 15.6. The molecule has 136 valence electrons. The zero-order valence-electron chi connectivity index (χ0n) is 14.8. The molecule has 7 nitrogen and oxygen atoms in total. The zero-order chi connectivity index (χ0) is 18.7. The third-order valence-electron chi connectivity index (χ3n) is 4.14. The first-order valence-electron chi connectivity index (χ1n) is 8.46. The van der Waals surface area contributed by atoms with Gasteiger partial charge < -0.3 is 5.32 Å². The average molecular weight is 371 g/mol. The van der Waals surface area contributed by atoms with Gasteiger partial charge in [0.1, 0.15) is 0 Å². The van der Waals surface area contributed by atoms with E-state index in [4.69, 9.17) is 0 Å². The molecule has 26 heavy (non-hydrogen) atoms. The quantitative estimate of drug-likeness (QED) is 0.509. The minimum Gasteiger partial charge on any atom is -0.353 e. The van der Waals surface area contributed by atoms with Crippen LogP contribution in [0.3, 0.4) is 0 Å². The number of carbonyl (C=O) groups excluding carboxylic acids is 1. The minimum atomic E-state index is -0.133. The number of nitrogens with one attached hydrogen (secondary N) is 1. The maximum atomic E-state index is 12.7. The van der Waals surface area contributed by atoms with Crippen molar-refractivity contribution in [2.24, 2.45) is 0 Å². The maximum Gasteiger partial charge on any atom is 0.263 e. The Morgan fingerprint density at radius 2 is 2.15 bits per heavy atom. The lowest BCUT2D eigenvalue weighted by molar-refractivity contribution is -0.119. The van der Waals surface area contributed by atoms with Crippen molar-refractivity contribution in [1.29, 1.82) is 0 Å². The van der Waals surface area contributed by atoms with Crippen molar-refractivity contribution >= 4 is 34.3 Å². The molecule has 1 N–H and O–H groups in total. The first-order chi connectivity index (χ1) is 12.6. The van der Waals surface area contributed by atoms with Crippen molar-refractivity contribution in [3.63, 3.8) is 0 Å². The molecule has 0 radical (unpaired) electrons. The summed E-state index contributed by atoms with van der Waals surface area (Å²) in [5.41, 5.74) is 0.592. The normalized spacial score (nSPS) is 12.4. The van der Waals surface area contributed by atoms with Crippen LogP contribution in [0.25, 0.3) is 16.7 Å². The molecular formula is C18H21N5O2S. The number of aromatic nitrogens is 4. The van der Waals surface area contributed by atoms with E-state index in [1.807, 2.05) is 36.4 Å². The third kappa shape index (κ3) is 3.37. The van der Waals surface area contributed by atoms with Gasteiger partial charge in [0.15, 0.2) is 5.16 Å². The Hall–Kier alpha value is -2.61. The fourth-order valence-electron chi connectivity index (χ4n) is 2.67. The van der Waals surface area contributed by atoms with Gasteiger partial charge in [0.05, 0.1) is 16.7 Å². The van der Waals surface area contributed by atoms with Gasteiger partial charge in [0, 0.05) is 12.6 Å². The van der Waals surface area contributed by atoms with Gasteiger partial charge in [-0.2, -0.15) is 0 Å². The molecule has 2 aromatic heterocycles. The number of thioether (sulfide) groups is 1. The second-order valence-electron chi connectivity index (χ2n) is 6.01. The van der Waals surface area contributed by atoms with Crippen LogP contribution in [0.2, 0.25) is 0 Å². The van der Waals surface area contributed by atoms with Gasteiger partial charge in [0.2, 0.25) is 11.7 Å². The van der Waals surface area contributed by atoms with E-state index in [-0.39, 0.29) is 23.3 Å². The molecule has 0 fully saturated rings. The van der Waals surface area contributed by atoms with Crippen LogP contribution in [-0.2, 0) is 11.3 Å². The number of hydrogen-bond donors (Lipinski definition) is 1. The van der Waals surface area contributed by atoms with E-state index in [0.717, 1.165) is 11.9 Å². The van der Waals surface area contributed by atoms with Gasteiger partial charge in [-0.15, -0.1) is 16.8 Å². The van der Waals surface area contributed by atoms with E-state index in [0.29, 0.717) is 22.9 Å². The summed E-state index contributed by atoms with van der Waals surface area (Å²) < 4.78 is 3.35. The van der Waals surface area contributed by atoms with Crippen LogP contribution in [0.5, 0.6) is 0 Å². The molecule has 0 aliphatic carbocycles. The molecule has 3 aromatic rings. The molecule has 0 aliphatic heterocycles. The lowest BCUT2D eigenvalue weighted by Gasteiger charge is -2.11. The largest absolute Gasteiger partial charge is 0.353 e. The summed E-state index contributed by atoms with van der Waals surface area (Å²) >= 11 is 1.30. The molecule has 0 saturated carbocycles. The van der Waals surface area contributed by atoms with E-state index in [1.54, 1.807) is 12.1 Å². The fraction of sp³-hybridized carbons (Fsp3) is 0.333. The van der Waals surface area contributed by atoms with Crippen LogP contribution >= 0.6 is 11.8 Å². The van der Waals surface area contributed by atoms with Crippen LogP contribution in [0.4, 0.5) is 0 Å².